The fraction of sp³-hybridized carbons (Fsp3) is 0.250. The molecular weight excluding hydrogens is 284 g/mol. The van der Waals surface area contributed by atoms with Crippen molar-refractivity contribution in [2.24, 2.45) is 0 Å². The largest absolute Gasteiger partial charge is 0.364 e. The van der Waals surface area contributed by atoms with Crippen molar-refractivity contribution >= 4 is 34.4 Å². The first-order valence-electron chi connectivity index (χ1n) is 6.85. The molecule has 0 spiro atoms. The van der Waals surface area contributed by atoms with Crippen LogP contribution in [0.5, 0.6) is 0 Å². The van der Waals surface area contributed by atoms with E-state index in [1.54, 1.807) is 17.4 Å². The molecule has 0 aliphatic carbocycles. The summed E-state index contributed by atoms with van der Waals surface area (Å²) >= 11 is 1.72. The third-order valence-electron chi connectivity index (χ3n) is 3.56. The second kappa shape index (κ2) is 5.33. The molecule has 0 radical (unpaired) electrons. The average Bonchev–Trinajstić information content (AvgIpc) is 3.05. The molecule has 21 heavy (non-hydrogen) atoms. The van der Waals surface area contributed by atoms with Crippen molar-refractivity contribution in [3.05, 3.63) is 46.2 Å². The van der Waals surface area contributed by atoms with E-state index in [9.17, 15) is 9.59 Å². The van der Waals surface area contributed by atoms with Gasteiger partial charge in [-0.05, 0) is 43.5 Å². The van der Waals surface area contributed by atoms with Crippen molar-refractivity contribution in [1.29, 1.82) is 0 Å². The maximum Gasteiger partial charge on any atom is 0.296 e. The normalized spacial score (nSPS) is 13.5. The highest BCUT2D eigenvalue weighted by Gasteiger charge is 2.28. The zero-order chi connectivity index (χ0) is 15.0. The van der Waals surface area contributed by atoms with Crippen LogP contribution in [0.2, 0.25) is 0 Å². The maximum atomic E-state index is 11.6. The Balaban J connectivity index is 1.92. The van der Waals surface area contributed by atoms with Crippen molar-refractivity contribution < 1.29 is 9.59 Å². The number of anilines is 2. The van der Waals surface area contributed by atoms with Crippen molar-refractivity contribution in [3.8, 4) is 0 Å². The summed E-state index contributed by atoms with van der Waals surface area (Å²) in [6, 6.07) is 9.99. The highest BCUT2D eigenvalue weighted by Crippen LogP contribution is 2.30. The minimum absolute atomic E-state index is 0.318. The lowest BCUT2D eigenvalue weighted by molar-refractivity contribution is -0.112. The molecule has 1 N–H and O–H groups in total. The van der Waals surface area contributed by atoms with Crippen molar-refractivity contribution in [2.75, 3.05) is 10.2 Å². The van der Waals surface area contributed by atoms with Crippen LogP contribution in [0.1, 0.15) is 29.1 Å². The van der Waals surface area contributed by atoms with Gasteiger partial charge in [0.05, 0.1) is 17.8 Å². The van der Waals surface area contributed by atoms with Crippen LogP contribution in [0, 0.1) is 0 Å². The Hall–Kier alpha value is -2.14. The van der Waals surface area contributed by atoms with E-state index in [1.807, 2.05) is 18.2 Å². The van der Waals surface area contributed by atoms with E-state index in [1.165, 1.54) is 4.88 Å². The number of benzene rings is 1. The standard InChI is InChI=1S/C16H16N2O2S/c1-10(2)18(9-12-4-3-7-21-12)11-5-6-13-14(8-11)17-16(20)15(13)19/h3-8,10H,9H2,1-2H3,(H,17,19,20). The van der Waals surface area contributed by atoms with Gasteiger partial charge in [0.25, 0.3) is 11.7 Å². The molecule has 108 valence electrons. The minimum atomic E-state index is -0.545. The molecule has 1 aromatic heterocycles. The quantitative estimate of drug-likeness (QED) is 0.881. The topological polar surface area (TPSA) is 49.4 Å². The smallest absolute Gasteiger partial charge is 0.296 e. The summed E-state index contributed by atoms with van der Waals surface area (Å²) in [5.74, 6) is -0.998. The van der Waals surface area contributed by atoms with E-state index in [2.05, 4.69) is 35.5 Å². The molecule has 0 saturated carbocycles. The molecule has 1 amide bonds. The van der Waals surface area contributed by atoms with E-state index in [0.29, 0.717) is 17.3 Å². The number of amides is 1. The fourth-order valence-electron chi connectivity index (χ4n) is 2.46. The van der Waals surface area contributed by atoms with Crippen LogP contribution in [0.4, 0.5) is 11.4 Å². The molecule has 3 rings (SSSR count). The Morgan fingerprint density at radius 3 is 2.71 bits per heavy atom. The predicted molar refractivity (Wildman–Crippen MR) is 85.0 cm³/mol. The molecule has 0 bridgehead atoms. The number of ketones is 1. The summed E-state index contributed by atoms with van der Waals surface area (Å²) in [4.78, 5) is 26.6. The Morgan fingerprint density at radius 1 is 1.24 bits per heavy atom. The summed E-state index contributed by atoms with van der Waals surface area (Å²) < 4.78 is 0. The van der Waals surface area contributed by atoms with E-state index < -0.39 is 11.7 Å². The summed E-state index contributed by atoms with van der Waals surface area (Å²) in [7, 11) is 0. The molecule has 0 atom stereocenters. The Morgan fingerprint density at radius 2 is 2.05 bits per heavy atom. The zero-order valence-electron chi connectivity index (χ0n) is 11.9. The minimum Gasteiger partial charge on any atom is -0.364 e. The molecule has 2 aromatic rings. The van der Waals surface area contributed by atoms with Crippen LogP contribution in [0.3, 0.4) is 0 Å². The van der Waals surface area contributed by atoms with Crippen LogP contribution in [0.25, 0.3) is 0 Å². The summed E-state index contributed by atoms with van der Waals surface area (Å²) in [5.41, 5.74) is 2.08. The molecule has 0 saturated heterocycles. The van der Waals surface area contributed by atoms with Gasteiger partial charge >= 0.3 is 0 Å². The number of hydrogen-bond acceptors (Lipinski definition) is 4. The lowest BCUT2D eigenvalue weighted by Gasteiger charge is -2.29. The lowest BCUT2D eigenvalue weighted by Crippen LogP contribution is -2.29. The second-order valence-corrected chi connectivity index (χ2v) is 6.35. The first-order valence-corrected chi connectivity index (χ1v) is 7.73. The molecular formula is C16H16N2O2S. The molecule has 0 unspecified atom stereocenters. The van der Waals surface area contributed by atoms with Gasteiger partial charge in [0.15, 0.2) is 0 Å². The zero-order valence-corrected chi connectivity index (χ0v) is 12.7. The van der Waals surface area contributed by atoms with Gasteiger partial charge in [0.1, 0.15) is 0 Å². The van der Waals surface area contributed by atoms with Gasteiger partial charge in [-0.1, -0.05) is 6.07 Å². The monoisotopic (exact) mass is 300 g/mol. The lowest BCUT2D eigenvalue weighted by atomic mass is 10.1. The van der Waals surface area contributed by atoms with Crippen LogP contribution in [0.15, 0.2) is 35.7 Å². The first-order chi connectivity index (χ1) is 10.1. The number of hydrogen-bond donors (Lipinski definition) is 1. The number of nitrogens with zero attached hydrogens (tertiary/aromatic N) is 1. The van der Waals surface area contributed by atoms with Crippen LogP contribution < -0.4 is 10.2 Å². The maximum absolute atomic E-state index is 11.6. The number of fused-ring (bicyclic) bond motifs is 1. The molecule has 0 fully saturated rings. The summed E-state index contributed by atoms with van der Waals surface area (Å²) in [6.45, 7) is 5.07. The van der Waals surface area contributed by atoms with Crippen LogP contribution >= 0.6 is 11.3 Å². The molecule has 5 heteroatoms. The van der Waals surface area contributed by atoms with Crippen LogP contribution in [-0.2, 0) is 11.3 Å². The van der Waals surface area contributed by atoms with Crippen molar-refractivity contribution in [2.45, 2.75) is 26.4 Å². The number of rotatable bonds is 4. The second-order valence-electron chi connectivity index (χ2n) is 5.31. The number of nitrogens with one attached hydrogen (secondary N) is 1. The number of carbonyl (C=O) groups is 2. The number of Topliss-reactive ketones (excluding diaryl/α,β-unsaturated/α-hetero) is 1. The van der Waals surface area contributed by atoms with Crippen molar-refractivity contribution in [3.63, 3.8) is 0 Å². The first kappa shape index (κ1) is 13.8. The van der Waals surface area contributed by atoms with Crippen LogP contribution in [-0.4, -0.2) is 17.7 Å². The average molecular weight is 300 g/mol. The van der Waals surface area contributed by atoms with Gasteiger partial charge in [0, 0.05) is 16.6 Å². The van der Waals surface area contributed by atoms with Gasteiger partial charge in [-0.25, -0.2) is 0 Å². The molecule has 4 nitrogen and oxygen atoms in total. The molecule has 2 heterocycles. The summed E-state index contributed by atoms with van der Waals surface area (Å²) in [6.07, 6.45) is 0. The van der Waals surface area contributed by atoms with E-state index in [-0.39, 0.29) is 0 Å². The third-order valence-corrected chi connectivity index (χ3v) is 4.42. The van der Waals surface area contributed by atoms with Gasteiger partial charge in [0.2, 0.25) is 0 Å². The predicted octanol–water partition coefficient (Wildman–Crippen LogP) is 3.30. The number of carbonyl (C=O) groups excluding carboxylic acids is 2. The van der Waals surface area contributed by atoms with Gasteiger partial charge in [-0.3, -0.25) is 9.59 Å². The summed E-state index contributed by atoms with van der Waals surface area (Å²) in [5, 5.41) is 4.69. The van der Waals surface area contributed by atoms with E-state index in [4.69, 9.17) is 0 Å². The third kappa shape index (κ3) is 2.56. The van der Waals surface area contributed by atoms with E-state index in [0.717, 1.165) is 12.2 Å². The molecule has 1 aromatic carbocycles. The molecule has 1 aliphatic heterocycles. The Kier molecular flexibility index (Phi) is 3.51. The highest BCUT2D eigenvalue weighted by molar-refractivity contribution is 7.09. The van der Waals surface area contributed by atoms with Gasteiger partial charge < -0.3 is 10.2 Å². The Labute approximate surface area is 127 Å². The highest BCUT2D eigenvalue weighted by atomic mass is 32.1. The van der Waals surface area contributed by atoms with Gasteiger partial charge in [-0.2, -0.15) is 0 Å². The molecule has 1 aliphatic rings. The van der Waals surface area contributed by atoms with E-state index >= 15 is 0 Å². The fourth-order valence-corrected chi connectivity index (χ4v) is 3.16. The number of thiophene rings is 1. The SMILES string of the molecule is CC(C)N(Cc1cccs1)c1ccc2c(c1)NC(=O)C2=O. The van der Waals surface area contributed by atoms with Gasteiger partial charge in [-0.15, -0.1) is 11.3 Å². The Bertz CT molecular complexity index is 692. The van der Waals surface area contributed by atoms with Crippen molar-refractivity contribution in [1.82, 2.24) is 0 Å².